The Balaban J connectivity index is 1.54. The number of H-pyrrole nitrogens is 1. The minimum Gasteiger partial charge on any atom is -0.391 e. The maximum Gasteiger partial charge on any atom is 0.0735 e. The molecule has 1 aromatic heterocycles. The van der Waals surface area contributed by atoms with E-state index in [0.717, 1.165) is 30.5 Å². The molecule has 2 N–H and O–H groups in total. The van der Waals surface area contributed by atoms with E-state index in [-0.39, 0.29) is 11.5 Å². The number of aliphatic hydroxyl groups is 1. The van der Waals surface area contributed by atoms with Crippen molar-refractivity contribution < 1.29 is 5.11 Å². The van der Waals surface area contributed by atoms with Gasteiger partial charge < -0.3 is 5.11 Å². The van der Waals surface area contributed by atoms with Crippen LogP contribution in [-0.2, 0) is 6.54 Å². The van der Waals surface area contributed by atoms with E-state index in [9.17, 15) is 5.11 Å². The molecular formula is C14H17N3O. The van der Waals surface area contributed by atoms with Crippen LogP contribution in [-0.4, -0.2) is 39.4 Å². The standard InChI is InChI=1S/C14H17N3O/c18-13-8-17(9-14(13)3-4-14)7-10-1-2-11-6-15-16-12(11)5-10/h1-2,5-6,13,18H,3-4,7-9H2,(H,15,16). The highest BCUT2D eigenvalue weighted by molar-refractivity contribution is 5.78. The first-order valence-electron chi connectivity index (χ1n) is 6.58. The van der Waals surface area contributed by atoms with E-state index < -0.39 is 0 Å². The SMILES string of the molecule is OC1CN(Cc2ccc3cn[nH]c3c2)CC12CC2. The number of nitrogens with one attached hydrogen (secondary N) is 1. The average Bonchev–Trinajstić information content (AvgIpc) is 2.87. The zero-order valence-electron chi connectivity index (χ0n) is 10.3. The van der Waals surface area contributed by atoms with Crippen molar-refractivity contribution in [3.63, 3.8) is 0 Å². The van der Waals surface area contributed by atoms with Gasteiger partial charge in [-0.3, -0.25) is 10.00 Å². The number of rotatable bonds is 2. The number of aromatic amines is 1. The highest BCUT2D eigenvalue weighted by atomic mass is 16.3. The van der Waals surface area contributed by atoms with Gasteiger partial charge in [-0.15, -0.1) is 0 Å². The normalized spacial score (nSPS) is 26.2. The minimum absolute atomic E-state index is 0.117. The fraction of sp³-hybridized carbons (Fsp3) is 0.500. The van der Waals surface area contributed by atoms with Crippen LogP contribution >= 0.6 is 0 Å². The summed E-state index contributed by atoms with van der Waals surface area (Å²) in [6.45, 7) is 2.80. The van der Waals surface area contributed by atoms with E-state index in [1.54, 1.807) is 0 Å². The van der Waals surface area contributed by atoms with Crippen molar-refractivity contribution in [1.29, 1.82) is 0 Å². The number of aliphatic hydroxyl groups excluding tert-OH is 1. The van der Waals surface area contributed by atoms with Crippen molar-refractivity contribution in [2.24, 2.45) is 5.41 Å². The Hall–Kier alpha value is -1.39. The molecule has 4 heteroatoms. The summed E-state index contributed by atoms with van der Waals surface area (Å²) in [5.74, 6) is 0. The van der Waals surface area contributed by atoms with Crippen molar-refractivity contribution in [2.75, 3.05) is 13.1 Å². The molecule has 2 heterocycles. The van der Waals surface area contributed by atoms with E-state index >= 15 is 0 Å². The molecule has 0 amide bonds. The van der Waals surface area contributed by atoms with Crippen LogP contribution < -0.4 is 0 Å². The maximum absolute atomic E-state index is 10.0. The van der Waals surface area contributed by atoms with Gasteiger partial charge in [-0.1, -0.05) is 12.1 Å². The van der Waals surface area contributed by atoms with E-state index in [1.165, 1.54) is 18.4 Å². The molecule has 94 valence electrons. The molecule has 1 aliphatic carbocycles. The third-order valence-corrected chi connectivity index (χ3v) is 4.48. The topological polar surface area (TPSA) is 52.1 Å². The second-order valence-corrected chi connectivity index (χ2v) is 5.84. The monoisotopic (exact) mass is 243 g/mol. The summed E-state index contributed by atoms with van der Waals surface area (Å²) in [5.41, 5.74) is 2.63. The summed E-state index contributed by atoms with van der Waals surface area (Å²) in [6.07, 6.45) is 4.13. The lowest BCUT2D eigenvalue weighted by molar-refractivity contribution is 0.131. The first kappa shape index (κ1) is 10.5. The Morgan fingerprint density at radius 1 is 1.44 bits per heavy atom. The first-order valence-corrected chi connectivity index (χ1v) is 6.58. The highest BCUT2D eigenvalue weighted by Gasteiger charge is 2.54. The Kier molecular flexibility index (Phi) is 2.08. The second kappa shape index (κ2) is 3.56. The number of benzene rings is 1. The zero-order valence-corrected chi connectivity index (χ0v) is 10.3. The number of likely N-dealkylation sites (tertiary alicyclic amines) is 1. The number of hydrogen-bond donors (Lipinski definition) is 2. The second-order valence-electron chi connectivity index (χ2n) is 5.84. The fourth-order valence-corrected chi connectivity index (χ4v) is 3.17. The zero-order chi connectivity index (χ0) is 12.2. The van der Waals surface area contributed by atoms with Gasteiger partial charge in [0.25, 0.3) is 0 Å². The van der Waals surface area contributed by atoms with Gasteiger partial charge in [-0.25, -0.2) is 0 Å². The van der Waals surface area contributed by atoms with E-state index in [0.29, 0.717) is 0 Å². The number of fused-ring (bicyclic) bond motifs is 1. The van der Waals surface area contributed by atoms with Crippen molar-refractivity contribution in [3.8, 4) is 0 Å². The van der Waals surface area contributed by atoms with Crippen LogP contribution in [0.5, 0.6) is 0 Å². The predicted octanol–water partition coefficient (Wildman–Crippen LogP) is 1.52. The van der Waals surface area contributed by atoms with E-state index in [4.69, 9.17) is 0 Å². The molecule has 1 atom stereocenters. The fourth-order valence-electron chi connectivity index (χ4n) is 3.17. The molecular weight excluding hydrogens is 226 g/mol. The largest absolute Gasteiger partial charge is 0.391 e. The smallest absolute Gasteiger partial charge is 0.0735 e. The van der Waals surface area contributed by atoms with Gasteiger partial charge >= 0.3 is 0 Å². The van der Waals surface area contributed by atoms with Gasteiger partial charge in [0.15, 0.2) is 0 Å². The van der Waals surface area contributed by atoms with Gasteiger partial charge in [0.1, 0.15) is 0 Å². The van der Waals surface area contributed by atoms with Gasteiger partial charge in [0.2, 0.25) is 0 Å². The quantitative estimate of drug-likeness (QED) is 0.841. The highest BCUT2D eigenvalue weighted by Crippen LogP contribution is 2.52. The molecule has 18 heavy (non-hydrogen) atoms. The summed E-state index contributed by atoms with van der Waals surface area (Å²) in [5, 5.41) is 18.2. The molecule has 1 aliphatic heterocycles. The molecule has 2 aromatic rings. The Morgan fingerprint density at radius 3 is 3.11 bits per heavy atom. The number of nitrogens with zero attached hydrogens (tertiary/aromatic N) is 2. The molecule has 2 fully saturated rings. The van der Waals surface area contributed by atoms with Crippen LogP contribution in [0.1, 0.15) is 18.4 Å². The lowest BCUT2D eigenvalue weighted by Gasteiger charge is -2.15. The number of β-amino-alcohol motifs (C(OH)–C–C–N with tert-alkyl or cyclic N) is 1. The minimum atomic E-state index is -0.117. The Labute approximate surface area is 106 Å². The van der Waals surface area contributed by atoms with Gasteiger partial charge in [-0.2, -0.15) is 5.10 Å². The molecule has 4 rings (SSSR count). The summed E-state index contributed by atoms with van der Waals surface area (Å²) in [4.78, 5) is 2.37. The van der Waals surface area contributed by atoms with Crippen LogP contribution in [0, 0.1) is 5.41 Å². The molecule has 1 saturated heterocycles. The lowest BCUT2D eigenvalue weighted by Crippen LogP contribution is -2.21. The maximum atomic E-state index is 10.0. The summed E-state index contributed by atoms with van der Waals surface area (Å²) < 4.78 is 0. The Morgan fingerprint density at radius 2 is 2.33 bits per heavy atom. The van der Waals surface area contributed by atoms with Crippen molar-refractivity contribution in [3.05, 3.63) is 30.0 Å². The number of aromatic nitrogens is 2. The van der Waals surface area contributed by atoms with Crippen LogP contribution in [0.4, 0.5) is 0 Å². The molecule has 1 saturated carbocycles. The van der Waals surface area contributed by atoms with Crippen LogP contribution in [0.25, 0.3) is 10.9 Å². The lowest BCUT2D eigenvalue weighted by atomic mass is 10.0. The summed E-state index contributed by atoms with van der Waals surface area (Å²) in [7, 11) is 0. The van der Waals surface area contributed by atoms with E-state index in [2.05, 4.69) is 33.3 Å². The van der Waals surface area contributed by atoms with Gasteiger partial charge in [0, 0.05) is 30.4 Å². The summed E-state index contributed by atoms with van der Waals surface area (Å²) >= 11 is 0. The van der Waals surface area contributed by atoms with Crippen molar-refractivity contribution in [2.45, 2.75) is 25.5 Å². The molecule has 1 unspecified atom stereocenters. The summed E-state index contributed by atoms with van der Waals surface area (Å²) in [6, 6.07) is 6.42. The molecule has 0 radical (unpaired) electrons. The van der Waals surface area contributed by atoms with Crippen LogP contribution in [0.3, 0.4) is 0 Å². The van der Waals surface area contributed by atoms with Crippen LogP contribution in [0.15, 0.2) is 24.4 Å². The average molecular weight is 243 g/mol. The molecule has 1 aromatic carbocycles. The van der Waals surface area contributed by atoms with Gasteiger partial charge in [-0.05, 0) is 24.5 Å². The van der Waals surface area contributed by atoms with Crippen molar-refractivity contribution >= 4 is 10.9 Å². The van der Waals surface area contributed by atoms with Crippen LogP contribution in [0.2, 0.25) is 0 Å². The molecule has 2 aliphatic rings. The molecule has 0 bridgehead atoms. The van der Waals surface area contributed by atoms with E-state index in [1.807, 2.05) is 6.20 Å². The molecule has 1 spiro atoms. The number of hydrogen-bond acceptors (Lipinski definition) is 3. The third kappa shape index (κ3) is 1.56. The van der Waals surface area contributed by atoms with Gasteiger partial charge in [0.05, 0.1) is 17.8 Å². The first-order chi connectivity index (χ1) is 8.75. The van der Waals surface area contributed by atoms with Crippen molar-refractivity contribution in [1.82, 2.24) is 15.1 Å². The predicted molar refractivity (Wildman–Crippen MR) is 69.0 cm³/mol. The third-order valence-electron chi connectivity index (χ3n) is 4.48. The molecule has 4 nitrogen and oxygen atoms in total. The Bertz CT molecular complexity index is 587.